The number of aliphatic carboxylic acids is 2. The second kappa shape index (κ2) is 18.6. The number of carbonyl (C=O) groups is 3. The summed E-state index contributed by atoms with van der Waals surface area (Å²) in [5.41, 5.74) is 6.25. The van der Waals surface area contributed by atoms with Gasteiger partial charge in [0.25, 0.3) is 13.4 Å². The monoisotopic (exact) mass is 801 g/mol. The van der Waals surface area contributed by atoms with Gasteiger partial charge in [0, 0.05) is 30.2 Å². The third-order valence-corrected chi connectivity index (χ3v) is 9.83. The minimum absolute atomic E-state index is 0.0262. The van der Waals surface area contributed by atoms with Crippen LogP contribution in [-0.2, 0) is 43.9 Å². The first-order valence-electron chi connectivity index (χ1n) is 16.8. The molecule has 1 fully saturated rings. The van der Waals surface area contributed by atoms with Crippen LogP contribution in [0.4, 0.5) is 23.1 Å². The van der Waals surface area contributed by atoms with Gasteiger partial charge in [-0.2, -0.15) is 4.98 Å². The Balaban J connectivity index is 1.25. The van der Waals surface area contributed by atoms with E-state index in [1.807, 2.05) is 13.8 Å². The number of phosphoric ester groups is 1. The first-order chi connectivity index (χ1) is 25.8. The van der Waals surface area contributed by atoms with Crippen LogP contribution in [-0.4, -0.2) is 134 Å². The molecule has 1 saturated heterocycles. The molecule has 0 spiro atoms. The molecule has 2 aromatic rings. The molecule has 12 atom stereocenters. The number of hydrogen-bond acceptors (Lipinski definition) is 21. The molecule has 0 aliphatic carbocycles. The summed E-state index contributed by atoms with van der Waals surface area (Å²) in [7, 11) is -5.43. The zero-order valence-electron chi connectivity index (χ0n) is 29.3. The van der Waals surface area contributed by atoms with Crippen molar-refractivity contribution >= 4 is 49.3 Å². The SMILES string of the molecule is CC(Nc1ccc(CC(O)C(O)C(O)CO[C@H]2O[C@H](COP(=O)([O-])OC(CCC(=O)[O-])C(=O)[O-])[C@@H](O)[C@H]2O)cc1)C1C(C)Nc2nc(N)[nH]c(=O)c2N1C=O. The Labute approximate surface area is 312 Å². The molecule has 1 aromatic heterocycles. The lowest BCUT2D eigenvalue weighted by Gasteiger charge is -2.42. The Morgan fingerprint density at radius 2 is 1.84 bits per heavy atom. The van der Waals surface area contributed by atoms with Crippen molar-refractivity contribution in [1.29, 1.82) is 0 Å². The summed E-state index contributed by atoms with van der Waals surface area (Å²) < 4.78 is 31.4. The number of anilines is 4. The molecule has 55 heavy (non-hydrogen) atoms. The lowest BCUT2D eigenvalue weighted by Crippen LogP contribution is -2.58. The molecule has 0 radical (unpaired) electrons. The molecular formula is C31H42N6O17P-3. The topological polar surface area (TPSA) is 375 Å². The smallest absolute Gasteiger partial charge is 0.278 e. The Hall–Kier alpha value is -4.26. The number of aliphatic hydroxyl groups excluding tert-OH is 5. The molecular weight excluding hydrogens is 759 g/mol. The van der Waals surface area contributed by atoms with Crippen LogP contribution in [0.3, 0.4) is 0 Å². The van der Waals surface area contributed by atoms with Crippen molar-refractivity contribution in [2.45, 2.75) is 100 Å². The van der Waals surface area contributed by atoms with Gasteiger partial charge < -0.3 is 85.1 Å². The summed E-state index contributed by atoms with van der Waals surface area (Å²) in [5.74, 6) is -3.64. The maximum atomic E-state index is 12.6. The second-order valence-electron chi connectivity index (χ2n) is 13.0. The normalized spacial score (nSPS) is 26.1. The van der Waals surface area contributed by atoms with Crippen molar-refractivity contribution in [2.75, 3.05) is 34.5 Å². The number of carbonyl (C=O) groups excluding carboxylic acids is 3. The number of aromatic nitrogens is 2. The number of fused-ring (bicyclic) bond motifs is 1. The van der Waals surface area contributed by atoms with Gasteiger partial charge in [-0.15, -0.1) is 0 Å². The third-order valence-electron chi connectivity index (χ3n) is 8.85. The van der Waals surface area contributed by atoms with Crippen molar-refractivity contribution in [2.24, 2.45) is 0 Å². The van der Waals surface area contributed by atoms with Crippen LogP contribution in [0.25, 0.3) is 0 Å². The molecule has 24 heteroatoms. The Morgan fingerprint density at radius 1 is 1.16 bits per heavy atom. The molecule has 3 heterocycles. The Bertz CT molecular complexity index is 1750. The lowest BCUT2D eigenvalue weighted by molar-refractivity contribution is -0.319. The summed E-state index contributed by atoms with van der Waals surface area (Å²) in [6.07, 6.45) is -15.4. The van der Waals surface area contributed by atoms with Gasteiger partial charge in [0.2, 0.25) is 12.4 Å². The van der Waals surface area contributed by atoms with Gasteiger partial charge in [-0.05, 0) is 44.4 Å². The maximum absolute atomic E-state index is 12.6. The summed E-state index contributed by atoms with van der Waals surface area (Å²) >= 11 is 0. The fourth-order valence-corrected chi connectivity index (χ4v) is 7.01. The lowest BCUT2D eigenvalue weighted by atomic mass is 9.97. The minimum atomic E-state index is -5.43. The van der Waals surface area contributed by atoms with Crippen molar-refractivity contribution in [3.05, 3.63) is 40.2 Å². The summed E-state index contributed by atoms with van der Waals surface area (Å²) in [6.45, 7) is 1.89. The highest BCUT2D eigenvalue weighted by Crippen LogP contribution is 2.41. The number of rotatable bonds is 20. The van der Waals surface area contributed by atoms with Crippen molar-refractivity contribution in [1.82, 2.24) is 9.97 Å². The molecule has 4 rings (SSSR count). The highest BCUT2D eigenvalue weighted by molar-refractivity contribution is 7.45. The number of carboxylic acids is 2. The quantitative estimate of drug-likeness (QED) is 0.0445. The number of phosphoric acid groups is 1. The summed E-state index contributed by atoms with van der Waals surface area (Å²) in [5, 5.41) is 80.2. The van der Waals surface area contributed by atoms with Crippen molar-refractivity contribution in [3.8, 4) is 0 Å². The number of ether oxygens (including phenoxy) is 2. The number of hydrogen-bond donors (Lipinski definition) is 9. The fourth-order valence-electron chi connectivity index (χ4n) is 6.11. The summed E-state index contributed by atoms with van der Waals surface area (Å²) in [6, 6.07) is 5.38. The van der Waals surface area contributed by atoms with E-state index in [0.717, 1.165) is 0 Å². The number of nitrogen functional groups attached to an aromatic ring is 1. The average Bonchev–Trinajstić information content (AvgIpc) is 3.38. The van der Waals surface area contributed by atoms with Gasteiger partial charge in [-0.3, -0.25) is 24.0 Å². The van der Waals surface area contributed by atoms with E-state index in [4.69, 9.17) is 15.2 Å². The van der Waals surface area contributed by atoms with Crippen molar-refractivity contribution < 1.29 is 78.1 Å². The van der Waals surface area contributed by atoms with Crippen molar-refractivity contribution in [3.63, 3.8) is 0 Å². The number of nitrogens with zero attached hydrogens (tertiary/aromatic N) is 2. The van der Waals surface area contributed by atoms with E-state index in [2.05, 4.69) is 29.6 Å². The first kappa shape index (κ1) is 43.5. The van der Waals surface area contributed by atoms with E-state index in [1.165, 1.54) is 4.90 Å². The molecule has 306 valence electrons. The third kappa shape index (κ3) is 11.2. The van der Waals surface area contributed by atoms with Crippen LogP contribution in [0.15, 0.2) is 29.1 Å². The fraction of sp³-hybridized carbons (Fsp3) is 0.581. The van der Waals surface area contributed by atoms with Crippen LogP contribution < -0.4 is 41.9 Å². The predicted octanol–water partition coefficient (Wildman–Crippen LogP) is -5.76. The second-order valence-corrected chi connectivity index (χ2v) is 14.3. The van der Waals surface area contributed by atoms with Crippen LogP contribution >= 0.6 is 7.82 Å². The van der Waals surface area contributed by atoms with E-state index in [1.54, 1.807) is 24.3 Å². The van der Waals surface area contributed by atoms with E-state index < -0.39 is 112 Å². The molecule has 0 bridgehead atoms. The predicted molar refractivity (Wildman–Crippen MR) is 180 cm³/mol. The molecule has 8 unspecified atom stereocenters. The van der Waals surface area contributed by atoms with E-state index in [9.17, 15) is 64.4 Å². The number of aromatic amines is 1. The highest BCUT2D eigenvalue weighted by Gasteiger charge is 2.45. The zero-order chi connectivity index (χ0) is 40.8. The van der Waals surface area contributed by atoms with Gasteiger partial charge in [0.15, 0.2) is 17.8 Å². The van der Waals surface area contributed by atoms with Crippen LogP contribution in [0.1, 0.15) is 32.3 Å². The number of aliphatic hydroxyl groups is 5. The van der Waals surface area contributed by atoms with Gasteiger partial charge in [0.1, 0.15) is 36.6 Å². The van der Waals surface area contributed by atoms with E-state index in [0.29, 0.717) is 17.7 Å². The average molecular weight is 802 g/mol. The Morgan fingerprint density at radius 3 is 2.45 bits per heavy atom. The van der Waals surface area contributed by atoms with E-state index in [-0.39, 0.29) is 29.9 Å². The molecule has 1 amide bonds. The van der Waals surface area contributed by atoms with E-state index >= 15 is 0 Å². The summed E-state index contributed by atoms with van der Waals surface area (Å²) in [4.78, 5) is 66.2. The highest BCUT2D eigenvalue weighted by atomic mass is 31.2. The van der Waals surface area contributed by atoms with Gasteiger partial charge in [-0.25, -0.2) is 0 Å². The van der Waals surface area contributed by atoms with Crippen LogP contribution in [0.2, 0.25) is 0 Å². The number of carboxylic acid groups (broad SMARTS) is 2. The number of nitrogens with two attached hydrogens (primary N) is 1. The number of H-pyrrole nitrogens is 1. The number of nitrogens with one attached hydrogen (secondary N) is 3. The molecule has 10 N–H and O–H groups in total. The largest absolute Gasteiger partial charge is 0.756 e. The maximum Gasteiger partial charge on any atom is 0.278 e. The zero-order valence-corrected chi connectivity index (χ0v) is 30.2. The van der Waals surface area contributed by atoms with Gasteiger partial charge in [0.05, 0.1) is 31.3 Å². The standard InChI is InChI=1S/C31H45N6O17P/c1-13(22-14(2)34-27-23(37(22)12-38)28(46)36-31(32)35-27)33-16-5-3-15(4-6-16)9-17(39)24(43)18(40)10-51-30-26(45)25(44)20(53-30)11-52-55(49,50)54-19(29(47)48)7-8-21(41)42/h3-6,12-14,17-20,22,24-26,30,33,39-40,43-45H,7-11H2,1-2H3,(H,41,42)(H,47,48)(H,49,50)(H4,32,34,35,36,46)/p-3/t13?,14?,17?,18?,19?,20-,22?,24?,25-,26-,30+/m1/s1. The number of benzene rings is 1. The van der Waals surface area contributed by atoms with Gasteiger partial charge in [-0.1, -0.05) is 12.1 Å². The minimum Gasteiger partial charge on any atom is -0.756 e. The molecule has 2 aliphatic rings. The first-order valence-corrected chi connectivity index (χ1v) is 18.2. The molecule has 2 aliphatic heterocycles. The Kier molecular flexibility index (Phi) is 14.7. The molecule has 23 nitrogen and oxygen atoms in total. The number of amides is 1. The van der Waals surface area contributed by atoms with Crippen LogP contribution in [0.5, 0.6) is 0 Å². The molecule has 0 saturated carbocycles. The molecule has 1 aromatic carbocycles. The van der Waals surface area contributed by atoms with Crippen LogP contribution in [0, 0.1) is 0 Å². The van der Waals surface area contributed by atoms with Gasteiger partial charge >= 0.3 is 0 Å².